The Morgan fingerprint density at radius 2 is 1.79 bits per heavy atom. The van der Waals surface area contributed by atoms with Crippen LogP contribution in [-0.4, -0.2) is 34.1 Å². The highest BCUT2D eigenvalue weighted by Crippen LogP contribution is 2.44. The minimum Gasteiger partial charge on any atom is -0.507 e. The van der Waals surface area contributed by atoms with Crippen molar-refractivity contribution in [2.45, 2.75) is 29.5 Å². The third kappa shape index (κ3) is 5.39. The van der Waals surface area contributed by atoms with E-state index >= 15 is 0 Å². The van der Waals surface area contributed by atoms with Crippen LogP contribution in [0.15, 0.2) is 94.8 Å². The summed E-state index contributed by atoms with van der Waals surface area (Å²) in [7, 11) is 1.33. The number of rotatable bonds is 8. The molecule has 1 amide bonds. The van der Waals surface area contributed by atoms with E-state index in [9.17, 15) is 19.1 Å². The van der Waals surface area contributed by atoms with Crippen LogP contribution in [0, 0.1) is 5.82 Å². The number of anilines is 1. The first-order valence-corrected chi connectivity index (χ1v) is 15.4. The van der Waals surface area contributed by atoms with E-state index in [0.717, 1.165) is 34.4 Å². The van der Waals surface area contributed by atoms with Crippen LogP contribution >= 0.6 is 23.1 Å². The number of aryl methyl sites for hydroxylation is 1. The summed E-state index contributed by atoms with van der Waals surface area (Å²) in [6, 6.07) is 24.6. The maximum Gasteiger partial charge on any atom is 0.301 e. The molecule has 5 aromatic rings. The van der Waals surface area contributed by atoms with Gasteiger partial charge < -0.3 is 9.84 Å². The molecule has 7 nitrogen and oxygen atoms in total. The molecular weight excluding hydrogens is 586 g/mol. The van der Waals surface area contributed by atoms with Crippen LogP contribution < -0.4 is 9.64 Å². The van der Waals surface area contributed by atoms with Crippen molar-refractivity contribution >= 4 is 56.5 Å². The molecule has 1 aliphatic rings. The van der Waals surface area contributed by atoms with Crippen molar-refractivity contribution in [3.05, 3.63) is 119 Å². The Labute approximate surface area is 255 Å². The fourth-order valence-electron chi connectivity index (χ4n) is 5.17. The van der Waals surface area contributed by atoms with Crippen molar-refractivity contribution in [1.82, 2.24) is 10.2 Å². The standard InChI is InChI=1S/C33H26FN3O4S2/c1-3-19-11-13-21(14-12-19)28-27(29(38)22-15-16-26(41-2)25(34)17-22)30(39)31(40)37(28)32-35-36-33(43-32)42-18-23-9-6-8-20-7-4-5-10-24(20)23/h4-17,28,38H,3,18H2,1-2H3/b29-27-. The lowest BCUT2D eigenvalue weighted by Crippen LogP contribution is -2.29. The second-order valence-corrected chi connectivity index (χ2v) is 12.1. The number of ketones is 1. The lowest BCUT2D eigenvalue weighted by atomic mass is 9.94. The number of halogens is 1. The van der Waals surface area contributed by atoms with Gasteiger partial charge in [-0.15, -0.1) is 10.2 Å². The van der Waals surface area contributed by atoms with Gasteiger partial charge in [0.05, 0.1) is 18.7 Å². The fraction of sp³-hybridized carbons (Fsp3) is 0.152. The normalized spacial score (nSPS) is 16.3. The number of methoxy groups -OCH3 is 1. The molecule has 43 heavy (non-hydrogen) atoms. The average Bonchev–Trinajstić information content (AvgIpc) is 3.61. The van der Waals surface area contributed by atoms with Gasteiger partial charge >= 0.3 is 5.91 Å². The third-order valence-corrected chi connectivity index (χ3v) is 9.51. The fourth-order valence-corrected chi connectivity index (χ4v) is 7.04. The number of ether oxygens (including phenoxy) is 1. The summed E-state index contributed by atoms with van der Waals surface area (Å²) >= 11 is 2.68. The number of aromatic nitrogens is 2. The Morgan fingerprint density at radius 3 is 2.53 bits per heavy atom. The van der Waals surface area contributed by atoms with E-state index < -0.39 is 29.3 Å². The topological polar surface area (TPSA) is 92.6 Å². The Hall–Kier alpha value is -4.54. The molecule has 1 fully saturated rings. The van der Waals surface area contributed by atoms with Crippen LogP contribution in [0.5, 0.6) is 5.75 Å². The predicted molar refractivity (Wildman–Crippen MR) is 167 cm³/mol. The second-order valence-electron chi connectivity index (χ2n) is 9.89. The first-order chi connectivity index (χ1) is 20.9. The maximum atomic E-state index is 14.6. The number of nitrogens with zero attached hydrogens (tertiary/aromatic N) is 3. The highest BCUT2D eigenvalue weighted by molar-refractivity contribution is 8.00. The van der Waals surface area contributed by atoms with E-state index in [2.05, 4.69) is 34.5 Å². The molecule has 1 unspecified atom stereocenters. The monoisotopic (exact) mass is 611 g/mol. The van der Waals surface area contributed by atoms with Crippen molar-refractivity contribution in [2.75, 3.05) is 12.0 Å². The Bertz CT molecular complexity index is 1880. The van der Waals surface area contributed by atoms with Crippen molar-refractivity contribution in [3.63, 3.8) is 0 Å². The Kier molecular flexibility index (Phi) is 7.96. The number of carbonyl (C=O) groups is 2. The summed E-state index contributed by atoms with van der Waals surface area (Å²) in [4.78, 5) is 28.3. The lowest BCUT2D eigenvalue weighted by molar-refractivity contribution is -0.132. The lowest BCUT2D eigenvalue weighted by Gasteiger charge is -2.22. The number of carbonyl (C=O) groups excluding carboxylic acids is 2. The number of hydrogen-bond donors (Lipinski definition) is 1. The highest BCUT2D eigenvalue weighted by atomic mass is 32.2. The van der Waals surface area contributed by atoms with Crippen molar-refractivity contribution < 1.29 is 23.8 Å². The number of thioether (sulfide) groups is 1. The molecule has 0 spiro atoms. The van der Waals surface area contributed by atoms with Gasteiger partial charge in [-0.1, -0.05) is 96.8 Å². The molecule has 1 aromatic heterocycles. The third-order valence-electron chi connectivity index (χ3n) is 7.41. The average molecular weight is 612 g/mol. The number of fused-ring (bicyclic) bond motifs is 1. The first kappa shape index (κ1) is 28.6. The van der Waals surface area contributed by atoms with Gasteiger partial charge in [0.15, 0.2) is 15.9 Å². The molecule has 1 N–H and O–H groups in total. The number of aliphatic hydroxyl groups is 1. The largest absolute Gasteiger partial charge is 0.507 e. The molecule has 6 rings (SSSR count). The molecule has 0 bridgehead atoms. The molecule has 0 saturated carbocycles. The zero-order valence-electron chi connectivity index (χ0n) is 23.3. The molecular formula is C33H26FN3O4S2. The predicted octanol–water partition coefficient (Wildman–Crippen LogP) is 7.32. The molecule has 10 heteroatoms. The summed E-state index contributed by atoms with van der Waals surface area (Å²) in [5.41, 5.74) is 2.71. The number of Topliss-reactive ketones (excluding diaryl/α,β-unsaturated/α-hetero) is 1. The number of aliphatic hydroxyl groups excluding tert-OH is 1. The van der Waals surface area contributed by atoms with Crippen molar-refractivity contribution in [2.24, 2.45) is 0 Å². The Morgan fingerprint density at radius 1 is 1.02 bits per heavy atom. The van der Waals surface area contributed by atoms with Gasteiger partial charge in [-0.05, 0) is 52.1 Å². The quantitative estimate of drug-likeness (QED) is 0.0646. The van der Waals surface area contributed by atoms with E-state index in [1.54, 1.807) is 0 Å². The molecule has 216 valence electrons. The number of hydrogen-bond acceptors (Lipinski definition) is 8. The first-order valence-electron chi connectivity index (χ1n) is 13.6. The molecule has 1 atom stereocenters. The van der Waals surface area contributed by atoms with E-state index in [1.165, 1.54) is 47.2 Å². The highest BCUT2D eigenvalue weighted by Gasteiger charge is 2.48. The minimum atomic E-state index is -0.986. The summed E-state index contributed by atoms with van der Waals surface area (Å²) < 4.78 is 20.2. The molecule has 2 heterocycles. The molecule has 0 radical (unpaired) electrons. The van der Waals surface area contributed by atoms with E-state index in [0.29, 0.717) is 15.7 Å². The van der Waals surface area contributed by atoms with E-state index in [4.69, 9.17) is 4.74 Å². The van der Waals surface area contributed by atoms with Crippen LogP contribution in [0.4, 0.5) is 9.52 Å². The van der Waals surface area contributed by atoms with Gasteiger partial charge in [0.2, 0.25) is 5.13 Å². The van der Waals surface area contributed by atoms with Gasteiger partial charge in [-0.25, -0.2) is 4.39 Å². The molecule has 1 saturated heterocycles. The summed E-state index contributed by atoms with van der Waals surface area (Å²) in [5, 5.41) is 22.5. The Balaban J connectivity index is 1.38. The van der Waals surface area contributed by atoms with Gasteiger partial charge in [-0.2, -0.15) is 0 Å². The SMILES string of the molecule is CCc1ccc(C2/C(=C(/O)c3ccc(OC)c(F)c3)C(=O)C(=O)N2c2nnc(SCc3cccc4ccccc34)s2)cc1. The van der Waals surface area contributed by atoms with Crippen LogP contribution in [0.2, 0.25) is 0 Å². The number of amides is 1. The number of benzene rings is 4. The second kappa shape index (κ2) is 12.0. The van der Waals surface area contributed by atoms with E-state index in [-0.39, 0.29) is 22.0 Å². The molecule has 1 aliphatic heterocycles. The summed E-state index contributed by atoms with van der Waals surface area (Å²) in [5.74, 6) is -2.30. The molecule has 0 aliphatic carbocycles. The zero-order valence-corrected chi connectivity index (χ0v) is 24.9. The van der Waals surface area contributed by atoms with E-state index in [1.807, 2.05) is 49.4 Å². The van der Waals surface area contributed by atoms with Gasteiger partial charge in [0.25, 0.3) is 5.78 Å². The van der Waals surface area contributed by atoms with Crippen molar-refractivity contribution in [1.29, 1.82) is 0 Å². The van der Waals surface area contributed by atoms with Crippen LogP contribution in [-0.2, 0) is 21.8 Å². The maximum absolute atomic E-state index is 14.6. The molecule has 4 aromatic carbocycles. The van der Waals surface area contributed by atoms with Crippen LogP contribution in [0.25, 0.3) is 16.5 Å². The smallest absolute Gasteiger partial charge is 0.301 e. The minimum absolute atomic E-state index is 0.00825. The van der Waals surface area contributed by atoms with Crippen LogP contribution in [0.3, 0.4) is 0 Å². The van der Waals surface area contributed by atoms with Gasteiger partial charge in [-0.3, -0.25) is 14.5 Å². The summed E-state index contributed by atoms with van der Waals surface area (Å²) in [6.45, 7) is 2.03. The summed E-state index contributed by atoms with van der Waals surface area (Å²) in [6.07, 6.45) is 0.805. The van der Waals surface area contributed by atoms with Gasteiger partial charge in [0, 0.05) is 11.3 Å². The van der Waals surface area contributed by atoms with Crippen LogP contribution in [0.1, 0.15) is 35.2 Å². The van der Waals surface area contributed by atoms with Gasteiger partial charge in [0.1, 0.15) is 5.76 Å². The van der Waals surface area contributed by atoms with Crippen molar-refractivity contribution in [3.8, 4) is 5.75 Å². The zero-order chi connectivity index (χ0) is 30.1.